The number of rotatable bonds is 5. The van der Waals surface area contributed by atoms with E-state index in [2.05, 4.69) is 47.0 Å². The van der Waals surface area contributed by atoms with E-state index in [1.165, 1.54) is 5.69 Å². The van der Waals surface area contributed by atoms with E-state index in [1.54, 1.807) is 0 Å². The van der Waals surface area contributed by atoms with E-state index in [0.29, 0.717) is 0 Å². The lowest BCUT2D eigenvalue weighted by atomic mass is 10.2. The smallest absolute Gasteiger partial charge is 0.104 e. The Bertz CT molecular complexity index is 515. The number of fused-ring (bicyclic) bond motifs is 1. The first kappa shape index (κ1) is 12.9. The van der Waals surface area contributed by atoms with E-state index in [-0.39, 0.29) is 6.04 Å². The predicted molar refractivity (Wildman–Crippen MR) is 77.0 cm³/mol. The van der Waals surface area contributed by atoms with Crippen molar-refractivity contribution in [3.05, 3.63) is 24.0 Å². The molecule has 0 radical (unpaired) electrons. The average molecular weight is 246 g/mol. The molecule has 2 rings (SSSR count). The topological polar surface area (TPSA) is 57.9 Å². The number of hydrogen-bond donors (Lipinski definition) is 2. The van der Waals surface area contributed by atoms with Crippen LogP contribution in [0.2, 0.25) is 0 Å². The van der Waals surface area contributed by atoms with Crippen LogP contribution in [0.3, 0.4) is 0 Å². The van der Waals surface area contributed by atoms with Gasteiger partial charge in [-0.15, -0.1) is 0 Å². The fourth-order valence-corrected chi connectivity index (χ4v) is 2.14. The highest BCUT2D eigenvalue weighted by molar-refractivity contribution is 5.79. The summed E-state index contributed by atoms with van der Waals surface area (Å²) in [6.45, 7) is 5.06. The van der Waals surface area contributed by atoms with E-state index < -0.39 is 0 Å². The molecule has 1 aromatic carbocycles. The van der Waals surface area contributed by atoms with Crippen molar-refractivity contribution >= 4 is 16.7 Å². The first-order valence-corrected chi connectivity index (χ1v) is 6.49. The molecular weight excluding hydrogens is 224 g/mol. The molecule has 2 aromatic rings. The molecule has 98 valence electrons. The fourth-order valence-electron chi connectivity index (χ4n) is 2.14. The van der Waals surface area contributed by atoms with Gasteiger partial charge in [-0.1, -0.05) is 0 Å². The maximum atomic E-state index is 5.76. The number of nitrogens with two attached hydrogens (primary N) is 1. The van der Waals surface area contributed by atoms with E-state index in [0.717, 1.165) is 36.2 Å². The first-order valence-electron chi connectivity index (χ1n) is 6.49. The van der Waals surface area contributed by atoms with Gasteiger partial charge in [0.25, 0.3) is 0 Å². The monoisotopic (exact) mass is 246 g/mol. The molecule has 0 amide bonds. The van der Waals surface area contributed by atoms with Crippen molar-refractivity contribution in [1.29, 1.82) is 0 Å². The molecule has 0 fully saturated rings. The average Bonchev–Trinajstić information content (AvgIpc) is 2.67. The molecule has 18 heavy (non-hydrogen) atoms. The Morgan fingerprint density at radius 2 is 2.22 bits per heavy atom. The SMILES string of the molecule is Cc1nc2ccc(N(C)CCCC(C)N)cc2[nH]1. The van der Waals surface area contributed by atoms with Gasteiger partial charge < -0.3 is 15.6 Å². The van der Waals surface area contributed by atoms with Gasteiger partial charge in [-0.3, -0.25) is 0 Å². The second kappa shape index (κ2) is 5.40. The Morgan fingerprint density at radius 3 is 2.94 bits per heavy atom. The third-order valence-electron chi connectivity index (χ3n) is 3.18. The van der Waals surface area contributed by atoms with Crippen LogP contribution < -0.4 is 10.6 Å². The Balaban J connectivity index is 2.05. The Labute approximate surface area is 108 Å². The molecule has 1 unspecified atom stereocenters. The summed E-state index contributed by atoms with van der Waals surface area (Å²) in [7, 11) is 2.12. The Morgan fingerprint density at radius 1 is 1.44 bits per heavy atom. The lowest BCUT2D eigenvalue weighted by Crippen LogP contribution is -2.21. The highest BCUT2D eigenvalue weighted by Crippen LogP contribution is 2.20. The van der Waals surface area contributed by atoms with Gasteiger partial charge in [0.1, 0.15) is 5.82 Å². The van der Waals surface area contributed by atoms with Crippen LogP contribution in [0.25, 0.3) is 11.0 Å². The van der Waals surface area contributed by atoms with Gasteiger partial charge in [-0.05, 0) is 44.9 Å². The third kappa shape index (κ3) is 3.01. The number of benzene rings is 1. The molecule has 1 aromatic heterocycles. The summed E-state index contributed by atoms with van der Waals surface area (Å²) in [5, 5.41) is 0. The summed E-state index contributed by atoms with van der Waals surface area (Å²) < 4.78 is 0. The highest BCUT2D eigenvalue weighted by Gasteiger charge is 2.05. The molecule has 0 aliphatic rings. The highest BCUT2D eigenvalue weighted by atomic mass is 15.1. The third-order valence-corrected chi connectivity index (χ3v) is 3.18. The van der Waals surface area contributed by atoms with E-state index in [1.807, 2.05) is 6.92 Å². The lowest BCUT2D eigenvalue weighted by molar-refractivity contribution is 0.622. The zero-order chi connectivity index (χ0) is 13.1. The molecule has 0 spiro atoms. The van der Waals surface area contributed by atoms with Crippen LogP contribution in [-0.2, 0) is 0 Å². The van der Waals surface area contributed by atoms with Crippen molar-refractivity contribution in [2.24, 2.45) is 5.73 Å². The van der Waals surface area contributed by atoms with Crippen molar-refractivity contribution in [2.75, 3.05) is 18.5 Å². The fraction of sp³-hybridized carbons (Fsp3) is 0.500. The van der Waals surface area contributed by atoms with Crippen LogP contribution >= 0.6 is 0 Å². The summed E-state index contributed by atoms with van der Waals surface area (Å²) >= 11 is 0. The second-order valence-electron chi connectivity index (χ2n) is 5.06. The number of aromatic nitrogens is 2. The van der Waals surface area contributed by atoms with Crippen molar-refractivity contribution in [2.45, 2.75) is 32.7 Å². The summed E-state index contributed by atoms with van der Waals surface area (Å²) in [6, 6.07) is 6.63. The van der Waals surface area contributed by atoms with Crippen LogP contribution in [0.5, 0.6) is 0 Å². The van der Waals surface area contributed by atoms with Crippen LogP contribution in [0.4, 0.5) is 5.69 Å². The number of anilines is 1. The van der Waals surface area contributed by atoms with Gasteiger partial charge in [-0.2, -0.15) is 0 Å². The van der Waals surface area contributed by atoms with Crippen LogP contribution in [0, 0.1) is 6.92 Å². The molecule has 0 saturated heterocycles. The molecule has 0 aliphatic heterocycles. The minimum Gasteiger partial charge on any atom is -0.375 e. The van der Waals surface area contributed by atoms with Crippen molar-refractivity contribution in [3.63, 3.8) is 0 Å². The van der Waals surface area contributed by atoms with Gasteiger partial charge in [-0.25, -0.2) is 4.98 Å². The van der Waals surface area contributed by atoms with Gasteiger partial charge in [0.05, 0.1) is 11.0 Å². The van der Waals surface area contributed by atoms with Gasteiger partial charge in [0.15, 0.2) is 0 Å². The van der Waals surface area contributed by atoms with Crippen LogP contribution in [0.1, 0.15) is 25.6 Å². The van der Waals surface area contributed by atoms with E-state index >= 15 is 0 Å². The summed E-state index contributed by atoms with van der Waals surface area (Å²) in [6.07, 6.45) is 2.18. The summed E-state index contributed by atoms with van der Waals surface area (Å²) in [4.78, 5) is 9.94. The largest absolute Gasteiger partial charge is 0.375 e. The molecule has 0 saturated carbocycles. The molecule has 1 atom stereocenters. The standard InChI is InChI=1S/C14H22N4/c1-10(15)5-4-8-18(3)12-6-7-13-14(9-12)17-11(2)16-13/h6-7,9-10H,4-5,8,15H2,1-3H3,(H,16,17). The molecule has 1 heterocycles. The minimum atomic E-state index is 0.288. The second-order valence-corrected chi connectivity index (χ2v) is 5.06. The van der Waals surface area contributed by atoms with Crippen LogP contribution in [0.15, 0.2) is 18.2 Å². The first-order chi connectivity index (χ1) is 8.56. The molecule has 4 heteroatoms. The quantitative estimate of drug-likeness (QED) is 0.852. The summed E-state index contributed by atoms with van der Waals surface area (Å²) in [5.41, 5.74) is 9.11. The number of aromatic amines is 1. The van der Waals surface area contributed by atoms with Gasteiger partial charge >= 0.3 is 0 Å². The molecule has 0 aliphatic carbocycles. The van der Waals surface area contributed by atoms with Crippen molar-refractivity contribution < 1.29 is 0 Å². The Kier molecular flexibility index (Phi) is 3.87. The van der Waals surface area contributed by atoms with Gasteiger partial charge in [0.2, 0.25) is 0 Å². The number of nitrogens with one attached hydrogen (secondary N) is 1. The summed E-state index contributed by atoms with van der Waals surface area (Å²) in [5.74, 6) is 0.960. The maximum Gasteiger partial charge on any atom is 0.104 e. The number of nitrogens with zero attached hydrogens (tertiary/aromatic N) is 2. The van der Waals surface area contributed by atoms with E-state index in [9.17, 15) is 0 Å². The number of aryl methyl sites for hydroxylation is 1. The van der Waals surface area contributed by atoms with Crippen LogP contribution in [-0.4, -0.2) is 29.6 Å². The predicted octanol–water partition coefficient (Wildman–Crippen LogP) is 2.43. The number of imidazole rings is 1. The van der Waals surface area contributed by atoms with Gasteiger partial charge in [0, 0.05) is 25.3 Å². The zero-order valence-electron chi connectivity index (χ0n) is 11.4. The molecule has 4 nitrogen and oxygen atoms in total. The molecule has 0 bridgehead atoms. The molecule has 3 N–H and O–H groups in total. The normalized spacial score (nSPS) is 12.9. The van der Waals surface area contributed by atoms with E-state index in [4.69, 9.17) is 5.73 Å². The maximum absolute atomic E-state index is 5.76. The van der Waals surface area contributed by atoms with Crippen molar-refractivity contribution in [1.82, 2.24) is 9.97 Å². The minimum absolute atomic E-state index is 0.288. The number of hydrogen-bond acceptors (Lipinski definition) is 3. The van der Waals surface area contributed by atoms with Crippen molar-refractivity contribution in [3.8, 4) is 0 Å². The lowest BCUT2D eigenvalue weighted by Gasteiger charge is -2.19. The zero-order valence-corrected chi connectivity index (χ0v) is 11.4. The Hall–Kier alpha value is -1.55. The number of H-pyrrole nitrogens is 1. The molecular formula is C14H22N4.